The van der Waals surface area contributed by atoms with Gasteiger partial charge >= 0.3 is 0 Å². The Morgan fingerprint density at radius 1 is 0.763 bits per heavy atom. The number of rotatable bonds is 11. The maximum absolute atomic E-state index is 12.7. The molecule has 0 fully saturated rings. The molecule has 1 amide bonds. The van der Waals surface area contributed by atoms with Gasteiger partial charge in [0.2, 0.25) is 5.91 Å². The molecule has 0 unspecified atom stereocenters. The van der Waals surface area contributed by atoms with Crippen LogP contribution in [0.5, 0.6) is 17.2 Å². The van der Waals surface area contributed by atoms with Gasteiger partial charge in [-0.15, -0.1) is 0 Å². The molecule has 0 aliphatic heterocycles. The van der Waals surface area contributed by atoms with Crippen molar-refractivity contribution in [3.63, 3.8) is 0 Å². The van der Waals surface area contributed by atoms with Gasteiger partial charge in [0.25, 0.3) is 10.1 Å². The Morgan fingerprint density at radius 2 is 1.39 bits per heavy atom. The van der Waals surface area contributed by atoms with E-state index in [1.165, 1.54) is 19.1 Å². The van der Waals surface area contributed by atoms with Crippen LogP contribution in [0, 0.1) is 6.92 Å². The number of ether oxygens (including phenoxy) is 2. The minimum Gasteiger partial charge on any atom is -0.491 e. The van der Waals surface area contributed by atoms with Crippen LogP contribution in [0.15, 0.2) is 108 Å². The Balaban J connectivity index is 1.45. The van der Waals surface area contributed by atoms with Gasteiger partial charge < -0.3 is 14.4 Å². The summed E-state index contributed by atoms with van der Waals surface area (Å²) in [6.45, 7) is 3.45. The SMILES string of the molecule is CC(=O)N(Cc1ccccc1OCCOS(=O)(=O)c1ccc(C)cc1)c1ccccc1Oc1ccccc1. The topological polar surface area (TPSA) is 82.1 Å². The summed E-state index contributed by atoms with van der Waals surface area (Å²) in [6, 6.07) is 30.4. The molecule has 0 radical (unpaired) electrons. The molecule has 0 saturated heterocycles. The highest BCUT2D eigenvalue weighted by molar-refractivity contribution is 7.86. The fourth-order valence-corrected chi connectivity index (χ4v) is 4.65. The summed E-state index contributed by atoms with van der Waals surface area (Å²) in [5.41, 5.74) is 2.32. The smallest absolute Gasteiger partial charge is 0.297 e. The first-order valence-corrected chi connectivity index (χ1v) is 13.5. The van der Waals surface area contributed by atoms with Gasteiger partial charge in [0.15, 0.2) is 5.75 Å². The maximum Gasteiger partial charge on any atom is 0.297 e. The van der Waals surface area contributed by atoms with Crippen molar-refractivity contribution in [2.75, 3.05) is 18.1 Å². The third-order valence-electron chi connectivity index (χ3n) is 5.70. The second-order valence-electron chi connectivity index (χ2n) is 8.53. The second kappa shape index (κ2) is 12.4. The number of benzene rings is 4. The molecule has 8 heteroatoms. The standard InChI is InChI=1S/C30H29NO6S/c1-23-16-18-27(19-17-23)38(33,34)36-21-20-35-29-14-8-6-10-25(29)22-31(24(2)32)28-13-7-9-15-30(28)37-26-11-4-3-5-12-26/h3-19H,20-22H2,1-2H3. The molecule has 0 N–H and O–H groups in total. The molecule has 0 heterocycles. The summed E-state index contributed by atoms with van der Waals surface area (Å²) in [5, 5.41) is 0. The van der Waals surface area contributed by atoms with Crippen LogP contribution in [-0.2, 0) is 25.6 Å². The highest BCUT2D eigenvalue weighted by Gasteiger charge is 2.19. The van der Waals surface area contributed by atoms with Crippen LogP contribution in [0.25, 0.3) is 0 Å². The average Bonchev–Trinajstić information content (AvgIpc) is 2.91. The largest absolute Gasteiger partial charge is 0.491 e. The van der Waals surface area contributed by atoms with Crippen molar-refractivity contribution in [1.82, 2.24) is 0 Å². The number of carbonyl (C=O) groups is 1. The van der Waals surface area contributed by atoms with Crippen molar-refractivity contribution < 1.29 is 26.9 Å². The monoisotopic (exact) mass is 531 g/mol. The first-order valence-electron chi connectivity index (χ1n) is 12.1. The third-order valence-corrected chi connectivity index (χ3v) is 7.02. The van der Waals surface area contributed by atoms with Crippen LogP contribution in [0.4, 0.5) is 5.69 Å². The number of anilines is 1. The van der Waals surface area contributed by atoms with Crippen molar-refractivity contribution in [2.45, 2.75) is 25.3 Å². The van der Waals surface area contributed by atoms with Crippen molar-refractivity contribution in [3.05, 3.63) is 114 Å². The normalized spacial score (nSPS) is 11.1. The summed E-state index contributed by atoms with van der Waals surface area (Å²) >= 11 is 0. The predicted octanol–water partition coefficient (Wildman–Crippen LogP) is 6.12. The molecule has 0 aromatic heterocycles. The second-order valence-corrected chi connectivity index (χ2v) is 10.1. The Morgan fingerprint density at radius 3 is 2.11 bits per heavy atom. The number of hydrogen-bond donors (Lipinski definition) is 0. The van der Waals surface area contributed by atoms with Crippen LogP contribution in [0.2, 0.25) is 0 Å². The van der Waals surface area contributed by atoms with Gasteiger partial charge in [-0.05, 0) is 49.4 Å². The molecule has 0 aliphatic carbocycles. The van der Waals surface area contributed by atoms with Crippen molar-refractivity contribution in [1.29, 1.82) is 0 Å². The summed E-state index contributed by atoms with van der Waals surface area (Å²) in [7, 11) is -3.89. The van der Waals surface area contributed by atoms with Crippen LogP contribution >= 0.6 is 0 Å². The van der Waals surface area contributed by atoms with Gasteiger partial charge in [-0.3, -0.25) is 8.98 Å². The molecule has 4 rings (SSSR count). The van der Waals surface area contributed by atoms with Crippen molar-refractivity contribution >= 4 is 21.7 Å². The summed E-state index contributed by atoms with van der Waals surface area (Å²) in [4.78, 5) is 14.4. The van der Waals surface area contributed by atoms with E-state index in [9.17, 15) is 13.2 Å². The molecule has 0 spiro atoms. The molecular weight excluding hydrogens is 502 g/mol. The average molecular weight is 532 g/mol. The van der Waals surface area contributed by atoms with E-state index >= 15 is 0 Å². The summed E-state index contributed by atoms with van der Waals surface area (Å²) in [5.74, 6) is 1.56. The summed E-state index contributed by atoms with van der Waals surface area (Å²) in [6.07, 6.45) is 0. The zero-order valence-corrected chi connectivity index (χ0v) is 22.1. The van der Waals surface area contributed by atoms with Gasteiger partial charge in [0, 0.05) is 12.5 Å². The molecular formula is C30H29NO6S. The first-order chi connectivity index (χ1) is 18.3. The first kappa shape index (κ1) is 26.9. The molecule has 38 heavy (non-hydrogen) atoms. The maximum atomic E-state index is 12.7. The number of aryl methyl sites for hydroxylation is 1. The Bertz CT molecular complexity index is 1470. The molecule has 0 bridgehead atoms. The lowest BCUT2D eigenvalue weighted by Gasteiger charge is -2.25. The molecule has 7 nitrogen and oxygen atoms in total. The van der Waals surface area contributed by atoms with E-state index in [2.05, 4.69) is 0 Å². The summed E-state index contributed by atoms with van der Waals surface area (Å²) < 4.78 is 41.9. The lowest BCUT2D eigenvalue weighted by atomic mass is 10.1. The minimum atomic E-state index is -3.89. The Labute approximate surface area is 223 Å². The van der Waals surface area contributed by atoms with E-state index in [1.54, 1.807) is 23.1 Å². The number of para-hydroxylation sites is 4. The van der Waals surface area contributed by atoms with Gasteiger partial charge in [0.1, 0.15) is 24.7 Å². The van der Waals surface area contributed by atoms with E-state index in [0.29, 0.717) is 22.9 Å². The molecule has 0 saturated carbocycles. The number of carbonyl (C=O) groups excluding carboxylic acids is 1. The van der Waals surface area contributed by atoms with Gasteiger partial charge in [0.05, 0.1) is 17.1 Å². The fraction of sp³-hybridized carbons (Fsp3) is 0.167. The lowest BCUT2D eigenvalue weighted by molar-refractivity contribution is -0.116. The fourth-order valence-electron chi connectivity index (χ4n) is 3.76. The van der Waals surface area contributed by atoms with Gasteiger partial charge in [-0.1, -0.05) is 66.2 Å². The minimum absolute atomic E-state index is 0.00980. The Hall–Kier alpha value is -4.14. The predicted molar refractivity (Wildman–Crippen MR) is 146 cm³/mol. The molecule has 4 aromatic carbocycles. The zero-order valence-electron chi connectivity index (χ0n) is 21.2. The highest BCUT2D eigenvalue weighted by atomic mass is 32.2. The van der Waals surface area contributed by atoms with Crippen molar-refractivity contribution in [3.8, 4) is 17.2 Å². The van der Waals surface area contributed by atoms with E-state index in [1.807, 2.05) is 79.7 Å². The van der Waals surface area contributed by atoms with Crippen molar-refractivity contribution in [2.24, 2.45) is 0 Å². The number of nitrogens with zero attached hydrogens (tertiary/aromatic N) is 1. The third kappa shape index (κ3) is 7.00. The Kier molecular flexibility index (Phi) is 8.78. The van der Waals surface area contributed by atoms with E-state index < -0.39 is 10.1 Å². The van der Waals surface area contributed by atoms with Crippen LogP contribution < -0.4 is 14.4 Å². The lowest BCUT2D eigenvalue weighted by Crippen LogP contribution is -2.28. The van der Waals surface area contributed by atoms with Gasteiger partial charge in [-0.2, -0.15) is 8.42 Å². The molecule has 0 atom stereocenters. The van der Waals surface area contributed by atoms with Crippen LogP contribution in [-0.4, -0.2) is 27.5 Å². The van der Waals surface area contributed by atoms with Gasteiger partial charge in [-0.25, -0.2) is 0 Å². The quantitative estimate of drug-likeness (QED) is 0.171. The number of hydrogen-bond acceptors (Lipinski definition) is 6. The van der Waals surface area contributed by atoms with E-state index in [4.69, 9.17) is 13.7 Å². The molecule has 0 aliphatic rings. The van der Waals surface area contributed by atoms with Crippen LogP contribution in [0.3, 0.4) is 0 Å². The van der Waals surface area contributed by atoms with Crippen LogP contribution in [0.1, 0.15) is 18.1 Å². The number of amides is 1. The molecule has 196 valence electrons. The van der Waals surface area contributed by atoms with E-state index in [-0.39, 0.29) is 30.6 Å². The molecule has 4 aromatic rings. The van der Waals surface area contributed by atoms with E-state index in [0.717, 1.165) is 11.1 Å². The highest BCUT2D eigenvalue weighted by Crippen LogP contribution is 2.34. The zero-order chi connectivity index (χ0) is 27.0.